The Morgan fingerprint density at radius 3 is 3.00 bits per heavy atom. The molecule has 1 aliphatic heterocycles. The van der Waals surface area contributed by atoms with Gasteiger partial charge >= 0.3 is 0 Å². The Labute approximate surface area is 107 Å². The average Bonchev–Trinajstić information content (AvgIpc) is 2.39. The minimum Gasteiger partial charge on any atom is -0.336 e. The van der Waals surface area contributed by atoms with E-state index < -0.39 is 0 Å². The molecule has 3 nitrogen and oxygen atoms in total. The van der Waals surface area contributed by atoms with Crippen molar-refractivity contribution in [2.75, 3.05) is 6.54 Å². The number of halogens is 1. The van der Waals surface area contributed by atoms with Gasteiger partial charge in [-0.25, -0.2) is 4.98 Å². The van der Waals surface area contributed by atoms with Crippen molar-refractivity contribution in [2.24, 2.45) is 0 Å². The number of pyridine rings is 1. The van der Waals surface area contributed by atoms with Crippen molar-refractivity contribution in [1.82, 2.24) is 9.88 Å². The van der Waals surface area contributed by atoms with Crippen LogP contribution in [0.4, 0.5) is 0 Å². The number of hydrogen-bond acceptors (Lipinski definition) is 2. The molecule has 0 aromatic carbocycles. The number of likely N-dealkylation sites (tertiary alicyclic amines) is 1. The Morgan fingerprint density at radius 2 is 2.35 bits per heavy atom. The smallest absolute Gasteiger partial charge is 0.255 e. The topological polar surface area (TPSA) is 33.2 Å². The monoisotopic (exact) mass is 252 g/mol. The second-order valence-corrected chi connectivity index (χ2v) is 4.81. The first-order chi connectivity index (χ1) is 8.22. The molecule has 0 saturated carbocycles. The fraction of sp³-hybridized carbons (Fsp3) is 0.538. The molecular formula is C13H17ClN2O. The highest BCUT2D eigenvalue weighted by Crippen LogP contribution is 2.21. The van der Waals surface area contributed by atoms with Crippen molar-refractivity contribution >= 4 is 17.5 Å². The maximum absolute atomic E-state index is 12.3. The number of hydrogen-bond donors (Lipinski definition) is 0. The third kappa shape index (κ3) is 2.78. The van der Waals surface area contributed by atoms with Crippen LogP contribution >= 0.6 is 11.6 Å². The lowest BCUT2D eigenvalue weighted by atomic mass is 9.99. The third-order valence-corrected chi connectivity index (χ3v) is 3.56. The second-order valence-electron chi connectivity index (χ2n) is 4.43. The molecule has 1 aromatic heterocycles. The van der Waals surface area contributed by atoms with Crippen LogP contribution in [-0.4, -0.2) is 28.4 Å². The van der Waals surface area contributed by atoms with E-state index in [9.17, 15) is 4.79 Å². The first-order valence-corrected chi connectivity index (χ1v) is 6.52. The van der Waals surface area contributed by atoms with Gasteiger partial charge in [-0.2, -0.15) is 0 Å². The van der Waals surface area contributed by atoms with E-state index in [4.69, 9.17) is 11.6 Å². The Bertz CT molecular complexity index is 391. The summed E-state index contributed by atoms with van der Waals surface area (Å²) in [5, 5.41) is 0.423. The van der Waals surface area contributed by atoms with Crippen molar-refractivity contribution in [3.05, 3.63) is 29.0 Å². The molecule has 2 heterocycles. The van der Waals surface area contributed by atoms with Crippen molar-refractivity contribution in [1.29, 1.82) is 0 Å². The Hall–Kier alpha value is -1.09. The van der Waals surface area contributed by atoms with Gasteiger partial charge in [0.25, 0.3) is 5.91 Å². The molecule has 1 amide bonds. The van der Waals surface area contributed by atoms with E-state index in [1.54, 1.807) is 18.3 Å². The molecule has 1 unspecified atom stereocenters. The van der Waals surface area contributed by atoms with E-state index in [-0.39, 0.29) is 5.91 Å². The van der Waals surface area contributed by atoms with Gasteiger partial charge in [-0.15, -0.1) is 0 Å². The zero-order valence-corrected chi connectivity index (χ0v) is 10.8. The minimum atomic E-state index is 0.0840. The molecule has 1 fully saturated rings. The molecule has 92 valence electrons. The van der Waals surface area contributed by atoms with Crippen LogP contribution in [0, 0.1) is 0 Å². The summed E-state index contributed by atoms with van der Waals surface area (Å²) in [6.07, 6.45) is 6.02. The van der Waals surface area contributed by atoms with Crippen LogP contribution in [0.25, 0.3) is 0 Å². The molecule has 1 aliphatic rings. The van der Waals surface area contributed by atoms with Crippen molar-refractivity contribution in [3.63, 3.8) is 0 Å². The average molecular weight is 253 g/mol. The van der Waals surface area contributed by atoms with Gasteiger partial charge in [0.15, 0.2) is 0 Å². The number of aromatic nitrogens is 1. The standard InChI is InChI=1S/C13H17ClN2O/c1-2-11-5-3-4-8-16(11)13(17)10-6-7-12(14)15-9-10/h6-7,9,11H,2-5,8H2,1H3. The number of nitrogens with zero attached hydrogens (tertiary/aromatic N) is 2. The largest absolute Gasteiger partial charge is 0.336 e. The fourth-order valence-corrected chi connectivity index (χ4v) is 2.47. The summed E-state index contributed by atoms with van der Waals surface area (Å²) in [6.45, 7) is 3.00. The van der Waals surface area contributed by atoms with Crippen LogP contribution < -0.4 is 0 Å². The minimum absolute atomic E-state index is 0.0840. The Balaban J connectivity index is 2.15. The molecule has 0 spiro atoms. The molecule has 1 saturated heterocycles. The first-order valence-electron chi connectivity index (χ1n) is 6.15. The summed E-state index contributed by atoms with van der Waals surface area (Å²) >= 11 is 5.72. The quantitative estimate of drug-likeness (QED) is 0.758. The Morgan fingerprint density at radius 1 is 1.53 bits per heavy atom. The lowest BCUT2D eigenvalue weighted by Gasteiger charge is -2.35. The highest BCUT2D eigenvalue weighted by Gasteiger charge is 2.26. The zero-order valence-electron chi connectivity index (χ0n) is 10.0. The van der Waals surface area contributed by atoms with Crippen LogP contribution in [0.15, 0.2) is 18.3 Å². The van der Waals surface area contributed by atoms with Crippen LogP contribution in [0.5, 0.6) is 0 Å². The highest BCUT2D eigenvalue weighted by atomic mass is 35.5. The Kier molecular flexibility index (Phi) is 4.00. The van der Waals surface area contributed by atoms with Crippen molar-refractivity contribution < 1.29 is 4.79 Å². The van der Waals surface area contributed by atoms with E-state index in [0.29, 0.717) is 16.8 Å². The van der Waals surface area contributed by atoms with Gasteiger partial charge < -0.3 is 4.90 Å². The van der Waals surface area contributed by atoms with Gasteiger partial charge in [0.05, 0.1) is 5.56 Å². The number of carbonyl (C=O) groups is 1. The first kappa shape index (κ1) is 12.4. The molecule has 4 heteroatoms. The predicted octanol–water partition coefficient (Wildman–Crippen LogP) is 3.14. The third-order valence-electron chi connectivity index (χ3n) is 3.33. The normalized spacial score (nSPS) is 20.4. The van der Waals surface area contributed by atoms with Crippen LogP contribution in [0.1, 0.15) is 43.0 Å². The van der Waals surface area contributed by atoms with E-state index in [1.807, 2.05) is 4.90 Å². The maximum Gasteiger partial charge on any atom is 0.255 e. The fourth-order valence-electron chi connectivity index (χ4n) is 2.36. The lowest BCUT2D eigenvalue weighted by Crippen LogP contribution is -2.43. The maximum atomic E-state index is 12.3. The zero-order chi connectivity index (χ0) is 12.3. The molecule has 1 aromatic rings. The summed E-state index contributed by atoms with van der Waals surface area (Å²) in [4.78, 5) is 18.3. The molecule has 0 aliphatic carbocycles. The molecule has 0 bridgehead atoms. The highest BCUT2D eigenvalue weighted by molar-refractivity contribution is 6.29. The van der Waals surface area contributed by atoms with Crippen LogP contribution in [0.3, 0.4) is 0 Å². The van der Waals surface area contributed by atoms with Gasteiger partial charge in [0.1, 0.15) is 5.15 Å². The van der Waals surface area contributed by atoms with Gasteiger partial charge in [0, 0.05) is 18.8 Å². The predicted molar refractivity (Wildman–Crippen MR) is 68.2 cm³/mol. The number of rotatable bonds is 2. The van der Waals surface area contributed by atoms with Crippen LogP contribution in [0.2, 0.25) is 5.15 Å². The van der Waals surface area contributed by atoms with E-state index in [0.717, 1.165) is 25.8 Å². The van der Waals surface area contributed by atoms with Gasteiger partial charge in [-0.3, -0.25) is 4.79 Å². The summed E-state index contributed by atoms with van der Waals surface area (Å²) in [5.74, 6) is 0.0840. The molecule has 17 heavy (non-hydrogen) atoms. The molecule has 2 rings (SSSR count). The van der Waals surface area contributed by atoms with Gasteiger partial charge in [-0.05, 0) is 37.8 Å². The second kappa shape index (κ2) is 5.50. The van der Waals surface area contributed by atoms with Gasteiger partial charge in [0.2, 0.25) is 0 Å². The molecule has 0 N–H and O–H groups in total. The van der Waals surface area contributed by atoms with E-state index in [2.05, 4.69) is 11.9 Å². The van der Waals surface area contributed by atoms with E-state index in [1.165, 1.54) is 6.42 Å². The van der Waals surface area contributed by atoms with E-state index >= 15 is 0 Å². The summed E-state index contributed by atoms with van der Waals surface area (Å²) < 4.78 is 0. The molecule has 1 atom stereocenters. The van der Waals surface area contributed by atoms with Crippen molar-refractivity contribution in [2.45, 2.75) is 38.6 Å². The number of carbonyl (C=O) groups excluding carboxylic acids is 1. The molecular weight excluding hydrogens is 236 g/mol. The SMILES string of the molecule is CCC1CCCCN1C(=O)c1ccc(Cl)nc1. The summed E-state index contributed by atoms with van der Waals surface area (Å²) in [7, 11) is 0. The number of piperidine rings is 1. The van der Waals surface area contributed by atoms with Crippen molar-refractivity contribution in [3.8, 4) is 0 Å². The molecule has 0 radical (unpaired) electrons. The lowest BCUT2D eigenvalue weighted by molar-refractivity contribution is 0.0607. The number of amides is 1. The van der Waals surface area contributed by atoms with Crippen LogP contribution in [-0.2, 0) is 0 Å². The summed E-state index contributed by atoms with van der Waals surface area (Å²) in [6, 6.07) is 3.80. The summed E-state index contributed by atoms with van der Waals surface area (Å²) in [5.41, 5.74) is 0.634. The van der Waals surface area contributed by atoms with Gasteiger partial charge in [-0.1, -0.05) is 18.5 Å².